The summed E-state index contributed by atoms with van der Waals surface area (Å²) in [6, 6.07) is 2.26. The van der Waals surface area contributed by atoms with E-state index in [0.717, 1.165) is 18.4 Å². The first-order valence-corrected chi connectivity index (χ1v) is 5.85. The van der Waals surface area contributed by atoms with Crippen LogP contribution in [0, 0.1) is 24.2 Å². The van der Waals surface area contributed by atoms with Gasteiger partial charge in [0.15, 0.2) is 0 Å². The molecule has 1 aliphatic heterocycles. The van der Waals surface area contributed by atoms with E-state index >= 15 is 0 Å². The van der Waals surface area contributed by atoms with Gasteiger partial charge in [-0.2, -0.15) is 10.4 Å². The van der Waals surface area contributed by atoms with Crippen molar-refractivity contribution < 1.29 is 4.79 Å². The van der Waals surface area contributed by atoms with E-state index in [9.17, 15) is 4.79 Å². The molecule has 0 unspecified atom stereocenters. The summed E-state index contributed by atoms with van der Waals surface area (Å²) in [6.07, 6.45) is 5.19. The summed E-state index contributed by atoms with van der Waals surface area (Å²) in [5, 5.41) is 12.9. The second-order valence-electron chi connectivity index (χ2n) is 4.50. The number of carbonyl (C=O) groups is 1. The number of piperidine rings is 1. The summed E-state index contributed by atoms with van der Waals surface area (Å²) in [6.45, 7) is 3.63. The molecule has 2 rings (SSSR count). The van der Waals surface area contributed by atoms with Gasteiger partial charge in [-0.25, -0.2) is 0 Å². The molecule has 90 valence electrons. The standard InChI is InChI=1S/C12H16N4O/c1-10-7-14-16(8-10)9-12(17)15-4-2-11(6-13)3-5-15/h7-8,11H,2-5,9H2,1H3. The third kappa shape index (κ3) is 2.84. The van der Waals surface area contributed by atoms with Crippen molar-refractivity contribution in [1.82, 2.24) is 14.7 Å². The first-order valence-electron chi connectivity index (χ1n) is 5.85. The summed E-state index contributed by atoms with van der Waals surface area (Å²) in [5.41, 5.74) is 1.06. The van der Waals surface area contributed by atoms with Gasteiger partial charge in [-0.15, -0.1) is 0 Å². The Bertz CT molecular complexity index is 438. The van der Waals surface area contributed by atoms with Crippen LogP contribution in [0.3, 0.4) is 0 Å². The Morgan fingerprint density at radius 2 is 2.29 bits per heavy atom. The van der Waals surface area contributed by atoms with Gasteiger partial charge in [0.25, 0.3) is 0 Å². The van der Waals surface area contributed by atoms with Gasteiger partial charge < -0.3 is 4.90 Å². The molecule has 0 bridgehead atoms. The van der Waals surface area contributed by atoms with Gasteiger partial charge in [-0.1, -0.05) is 0 Å². The average Bonchev–Trinajstić information content (AvgIpc) is 2.75. The topological polar surface area (TPSA) is 61.9 Å². The van der Waals surface area contributed by atoms with Crippen molar-refractivity contribution in [2.75, 3.05) is 13.1 Å². The Morgan fingerprint density at radius 3 is 2.82 bits per heavy atom. The van der Waals surface area contributed by atoms with Crippen LogP contribution in [-0.4, -0.2) is 33.7 Å². The smallest absolute Gasteiger partial charge is 0.244 e. The highest BCUT2D eigenvalue weighted by molar-refractivity contribution is 5.76. The number of nitrogens with zero attached hydrogens (tertiary/aromatic N) is 4. The fourth-order valence-corrected chi connectivity index (χ4v) is 2.05. The van der Waals surface area contributed by atoms with E-state index < -0.39 is 0 Å². The van der Waals surface area contributed by atoms with Crippen LogP contribution in [0.4, 0.5) is 0 Å². The lowest BCUT2D eigenvalue weighted by Gasteiger charge is -2.29. The van der Waals surface area contributed by atoms with Crippen LogP contribution in [0.5, 0.6) is 0 Å². The molecule has 0 saturated carbocycles. The van der Waals surface area contributed by atoms with Gasteiger partial charge >= 0.3 is 0 Å². The van der Waals surface area contributed by atoms with Crippen LogP contribution in [0.2, 0.25) is 0 Å². The fourth-order valence-electron chi connectivity index (χ4n) is 2.05. The normalized spacial score (nSPS) is 16.8. The third-order valence-corrected chi connectivity index (χ3v) is 3.09. The second-order valence-corrected chi connectivity index (χ2v) is 4.50. The van der Waals surface area contributed by atoms with Crippen molar-refractivity contribution in [2.24, 2.45) is 5.92 Å². The predicted molar refractivity (Wildman–Crippen MR) is 61.9 cm³/mol. The van der Waals surface area contributed by atoms with Crippen LogP contribution in [0.15, 0.2) is 12.4 Å². The fraction of sp³-hybridized carbons (Fsp3) is 0.583. The van der Waals surface area contributed by atoms with Crippen molar-refractivity contribution in [3.05, 3.63) is 18.0 Å². The van der Waals surface area contributed by atoms with Crippen molar-refractivity contribution in [2.45, 2.75) is 26.3 Å². The van der Waals surface area contributed by atoms with Crippen molar-refractivity contribution in [3.63, 3.8) is 0 Å². The summed E-state index contributed by atoms with van der Waals surface area (Å²) >= 11 is 0. The van der Waals surface area contributed by atoms with E-state index in [1.807, 2.05) is 18.0 Å². The lowest BCUT2D eigenvalue weighted by molar-refractivity contribution is -0.133. The monoisotopic (exact) mass is 232 g/mol. The molecule has 0 N–H and O–H groups in total. The average molecular weight is 232 g/mol. The summed E-state index contributed by atoms with van der Waals surface area (Å²) in [4.78, 5) is 13.8. The van der Waals surface area contributed by atoms with Gasteiger partial charge in [0.2, 0.25) is 5.91 Å². The molecule has 0 atom stereocenters. The maximum atomic E-state index is 12.0. The minimum absolute atomic E-state index is 0.0875. The van der Waals surface area contributed by atoms with E-state index in [2.05, 4.69) is 11.2 Å². The molecule has 17 heavy (non-hydrogen) atoms. The van der Waals surface area contributed by atoms with Gasteiger partial charge in [0, 0.05) is 25.2 Å². The number of carbonyl (C=O) groups excluding carboxylic acids is 1. The first kappa shape index (κ1) is 11.6. The number of hydrogen-bond acceptors (Lipinski definition) is 3. The molecule has 0 aliphatic carbocycles. The van der Waals surface area contributed by atoms with E-state index in [1.54, 1.807) is 10.9 Å². The number of likely N-dealkylation sites (tertiary alicyclic amines) is 1. The quantitative estimate of drug-likeness (QED) is 0.762. The zero-order valence-electron chi connectivity index (χ0n) is 9.96. The zero-order valence-corrected chi connectivity index (χ0v) is 9.96. The molecule has 1 fully saturated rings. The molecule has 5 heteroatoms. The van der Waals surface area contributed by atoms with E-state index in [4.69, 9.17) is 5.26 Å². The lowest BCUT2D eigenvalue weighted by Crippen LogP contribution is -2.40. The number of amides is 1. The SMILES string of the molecule is Cc1cnn(CC(=O)N2CCC(C#N)CC2)c1. The van der Waals surface area contributed by atoms with Crippen molar-refractivity contribution >= 4 is 5.91 Å². The van der Waals surface area contributed by atoms with Gasteiger partial charge in [-0.3, -0.25) is 9.48 Å². The molecule has 1 aliphatic rings. The van der Waals surface area contributed by atoms with Crippen molar-refractivity contribution in [3.8, 4) is 6.07 Å². The predicted octanol–water partition coefficient (Wildman–Crippen LogP) is 0.954. The van der Waals surface area contributed by atoms with Gasteiger partial charge in [0.1, 0.15) is 6.54 Å². The lowest BCUT2D eigenvalue weighted by atomic mass is 9.99. The minimum Gasteiger partial charge on any atom is -0.341 e. The molecule has 0 radical (unpaired) electrons. The molecular weight excluding hydrogens is 216 g/mol. The summed E-state index contributed by atoms with van der Waals surface area (Å²) in [7, 11) is 0. The van der Waals surface area contributed by atoms with Crippen LogP contribution in [0.1, 0.15) is 18.4 Å². The number of hydrogen-bond donors (Lipinski definition) is 0. The molecule has 1 aromatic rings. The summed E-state index contributed by atoms with van der Waals surface area (Å²) in [5.74, 6) is 0.204. The Kier molecular flexibility index (Phi) is 3.43. The molecule has 0 spiro atoms. The first-order chi connectivity index (χ1) is 8.19. The van der Waals surface area contributed by atoms with E-state index in [-0.39, 0.29) is 11.8 Å². The molecule has 0 aromatic carbocycles. The van der Waals surface area contributed by atoms with E-state index in [0.29, 0.717) is 19.6 Å². The van der Waals surface area contributed by atoms with Gasteiger partial charge in [-0.05, 0) is 25.3 Å². The number of aryl methyl sites for hydroxylation is 1. The minimum atomic E-state index is 0.0875. The zero-order chi connectivity index (χ0) is 12.3. The number of aromatic nitrogens is 2. The van der Waals surface area contributed by atoms with Crippen LogP contribution in [0.25, 0.3) is 0 Å². The maximum Gasteiger partial charge on any atom is 0.244 e. The van der Waals surface area contributed by atoms with Gasteiger partial charge in [0.05, 0.1) is 12.3 Å². The van der Waals surface area contributed by atoms with Crippen LogP contribution >= 0.6 is 0 Å². The van der Waals surface area contributed by atoms with Crippen molar-refractivity contribution in [1.29, 1.82) is 5.26 Å². The van der Waals surface area contributed by atoms with E-state index in [1.165, 1.54) is 0 Å². The Hall–Kier alpha value is -1.83. The second kappa shape index (κ2) is 5.00. The molecular formula is C12H16N4O. The van der Waals surface area contributed by atoms with Crippen LogP contribution < -0.4 is 0 Å². The Morgan fingerprint density at radius 1 is 1.59 bits per heavy atom. The highest BCUT2D eigenvalue weighted by atomic mass is 16.2. The summed E-state index contributed by atoms with van der Waals surface area (Å²) < 4.78 is 1.66. The number of nitriles is 1. The molecule has 1 saturated heterocycles. The molecule has 5 nitrogen and oxygen atoms in total. The number of rotatable bonds is 2. The highest BCUT2D eigenvalue weighted by Crippen LogP contribution is 2.16. The van der Waals surface area contributed by atoms with Crippen LogP contribution in [-0.2, 0) is 11.3 Å². The highest BCUT2D eigenvalue weighted by Gasteiger charge is 2.22. The Balaban J connectivity index is 1.87. The molecule has 2 heterocycles. The molecule has 1 aromatic heterocycles. The molecule has 1 amide bonds. The largest absolute Gasteiger partial charge is 0.341 e. The Labute approximate surface area is 101 Å². The maximum absolute atomic E-state index is 12.0. The third-order valence-electron chi connectivity index (χ3n) is 3.09.